The number of benzene rings is 1. The number of halogens is 1. The van der Waals surface area contributed by atoms with E-state index in [1.165, 1.54) is 12.1 Å². The van der Waals surface area contributed by atoms with Crippen molar-refractivity contribution in [1.29, 1.82) is 5.41 Å². The molecule has 3 N–H and O–H groups in total. The molecule has 0 bridgehead atoms. The minimum atomic E-state index is -0.211. The van der Waals surface area contributed by atoms with Crippen LogP contribution in [0.15, 0.2) is 42.6 Å². The van der Waals surface area contributed by atoms with Gasteiger partial charge < -0.3 is 15.5 Å². The van der Waals surface area contributed by atoms with E-state index in [4.69, 9.17) is 11.1 Å². The topological polar surface area (TPSA) is 69.2 Å². The summed E-state index contributed by atoms with van der Waals surface area (Å²) in [6, 6.07) is 10.3. The Hall–Kier alpha value is -2.63. The van der Waals surface area contributed by atoms with Gasteiger partial charge in [0, 0.05) is 43.6 Å². The molecule has 0 unspecified atom stereocenters. The highest BCUT2D eigenvalue weighted by molar-refractivity contribution is 5.94. The van der Waals surface area contributed by atoms with Crippen LogP contribution in [0.25, 0.3) is 0 Å². The molecule has 1 aliphatic rings. The Morgan fingerprint density at radius 2 is 1.64 bits per heavy atom. The second-order valence-electron chi connectivity index (χ2n) is 5.27. The van der Waals surface area contributed by atoms with Crippen molar-refractivity contribution in [2.24, 2.45) is 5.73 Å². The number of nitrogens with two attached hydrogens (primary N) is 1. The molecule has 1 aromatic carbocycles. The third-order valence-electron chi connectivity index (χ3n) is 3.85. The summed E-state index contributed by atoms with van der Waals surface area (Å²) in [5.74, 6) is 0.709. The third-order valence-corrected chi connectivity index (χ3v) is 3.85. The average Bonchev–Trinajstić information content (AvgIpc) is 2.56. The van der Waals surface area contributed by atoms with Gasteiger partial charge in [-0.3, -0.25) is 5.41 Å². The third kappa shape index (κ3) is 3.00. The second kappa shape index (κ2) is 6.01. The van der Waals surface area contributed by atoms with Crippen molar-refractivity contribution in [2.45, 2.75) is 0 Å². The van der Waals surface area contributed by atoms with Crippen LogP contribution in [0.3, 0.4) is 0 Å². The summed E-state index contributed by atoms with van der Waals surface area (Å²) in [4.78, 5) is 8.80. The van der Waals surface area contributed by atoms with E-state index in [1.54, 1.807) is 6.20 Å². The number of nitrogens with zero attached hydrogens (tertiary/aromatic N) is 3. The lowest BCUT2D eigenvalue weighted by atomic mass is 10.2. The van der Waals surface area contributed by atoms with E-state index in [1.807, 2.05) is 24.3 Å². The minimum absolute atomic E-state index is 0.0279. The van der Waals surface area contributed by atoms with Gasteiger partial charge in [0.2, 0.25) is 0 Å². The van der Waals surface area contributed by atoms with Crippen LogP contribution in [0.1, 0.15) is 5.56 Å². The molecule has 22 heavy (non-hydrogen) atoms. The summed E-state index contributed by atoms with van der Waals surface area (Å²) in [6.07, 6.45) is 1.63. The van der Waals surface area contributed by atoms with Crippen molar-refractivity contribution >= 4 is 17.3 Å². The molecule has 114 valence electrons. The van der Waals surface area contributed by atoms with Gasteiger partial charge in [0.1, 0.15) is 17.5 Å². The molecule has 1 aliphatic heterocycles. The highest BCUT2D eigenvalue weighted by atomic mass is 19.1. The van der Waals surface area contributed by atoms with Crippen LogP contribution in [-0.2, 0) is 0 Å². The van der Waals surface area contributed by atoms with Gasteiger partial charge in [-0.05, 0) is 36.4 Å². The first-order valence-corrected chi connectivity index (χ1v) is 7.19. The summed E-state index contributed by atoms with van der Waals surface area (Å²) >= 11 is 0. The summed E-state index contributed by atoms with van der Waals surface area (Å²) in [7, 11) is 0. The molecule has 0 radical (unpaired) electrons. The maximum absolute atomic E-state index is 13.0. The van der Waals surface area contributed by atoms with E-state index in [0.717, 1.165) is 37.7 Å². The zero-order valence-corrected chi connectivity index (χ0v) is 12.2. The molecule has 1 aromatic heterocycles. The molecule has 5 nitrogen and oxygen atoms in total. The number of rotatable bonds is 3. The summed E-state index contributed by atoms with van der Waals surface area (Å²) < 4.78 is 13.0. The van der Waals surface area contributed by atoms with Crippen LogP contribution in [0.4, 0.5) is 15.9 Å². The van der Waals surface area contributed by atoms with E-state index < -0.39 is 0 Å². The lowest BCUT2D eigenvalue weighted by Gasteiger charge is -2.36. The number of nitrogen functional groups attached to an aromatic ring is 1. The van der Waals surface area contributed by atoms with Crippen LogP contribution in [-0.4, -0.2) is 37.0 Å². The van der Waals surface area contributed by atoms with Gasteiger partial charge in [0.05, 0.1) is 0 Å². The SMILES string of the molecule is N=C(N)c1ccc(N2CCN(c3ccc(F)cc3)CC2)nc1. The van der Waals surface area contributed by atoms with E-state index in [2.05, 4.69) is 14.8 Å². The molecule has 0 atom stereocenters. The zero-order chi connectivity index (χ0) is 15.5. The first kappa shape index (κ1) is 14.3. The number of piperazine rings is 1. The lowest BCUT2D eigenvalue weighted by Crippen LogP contribution is -2.46. The number of hydrogen-bond donors (Lipinski definition) is 2. The van der Waals surface area contributed by atoms with Gasteiger partial charge in [0.15, 0.2) is 0 Å². The molecule has 0 saturated carbocycles. The Kier molecular flexibility index (Phi) is 3.91. The van der Waals surface area contributed by atoms with Crippen molar-refractivity contribution < 1.29 is 4.39 Å². The number of nitrogens with one attached hydrogen (secondary N) is 1. The largest absolute Gasteiger partial charge is 0.384 e. The minimum Gasteiger partial charge on any atom is -0.384 e. The van der Waals surface area contributed by atoms with Gasteiger partial charge in [0.25, 0.3) is 0 Å². The molecule has 1 saturated heterocycles. The van der Waals surface area contributed by atoms with Crippen molar-refractivity contribution in [3.8, 4) is 0 Å². The van der Waals surface area contributed by atoms with E-state index in [0.29, 0.717) is 5.56 Å². The Morgan fingerprint density at radius 1 is 1.00 bits per heavy atom. The van der Waals surface area contributed by atoms with Crippen LogP contribution in [0.2, 0.25) is 0 Å². The average molecular weight is 299 g/mol. The maximum atomic E-state index is 13.0. The first-order chi connectivity index (χ1) is 10.6. The van der Waals surface area contributed by atoms with Crippen molar-refractivity contribution in [3.05, 3.63) is 54.0 Å². The van der Waals surface area contributed by atoms with Crippen molar-refractivity contribution in [1.82, 2.24) is 4.98 Å². The number of hydrogen-bond acceptors (Lipinski definition) is 4. The molecule has 0 spiro atoms. The highest BCUT2D eigenvalue weighted by Gasteiger charge is 2.18. The normalized spacial score (nSPS) is 15.0. The van der Waals surface area contributed by atoms with Crippen LogP contribution in [0, 0.1) is 11.2 Å². The first-order valence-electron chi connectivity index (χ1n) is 7.19. The maximum Gasteiger partial charge on any atom is 0.128 e. The summed E-state index contributed by atoms with van der Waals surface area (Å²) in [5, 5.41) is 7.38. The number of anilines is 2. The Morgan fingerprint density at radius 3 is 2.18 bits per heavy atom. The monoisotopic (exact) mass is 299 g/mol. The molecule has 2 heterocycles. The summed E-state index contributed by atoms with van der Waals surface area (Å²) in [6.45, 7) is 3.43. The molecule has 6 heteroatoms. The number of pyridine rings is 1. The second-order valence-corrected chi connectivity index (χ2v) is 5.27. The zero-order valence-electron chi connectivity index (χ0n) is 12.2. The fourth-order valence-corrected chi connectivity index (χ4v) is 2.58. The van der Waals surface area contributed by atoms with E-state index >= 15 is 0 Å². The molecule has 2 aromatic rings. The van der Waals surface area contributed by atoms with Gasteiger partial charge >= 0.3 is 0 Å². The quantitative estimate of drug-likeness (QED) is 0.670. The van der Waals surface area contributed by atoms with Gasteiger partial charge in [-0.25, -0.2) is 9.37 Å². The van der Waals surface area contributed by atoms with Gasteiger partial charge in [-0.2, -0.15) is 0 Å². The molecule has 3 rings (SSSR count). The van der Waals surface area contributed by atoms with E-state index in [-0.39, 0.29) is 11.7 Å². The molecule has 0 amide bonds. The molecule has 0 aliphatic carbocycles. The van der Waals surface area contributed by atoms with Crippen LogP contribution < -0.4 is 15.5 Å². The molecule has 1 fully saturated rings. The van der Waals surface area contributed by atoms with Gasteiger partial charge in [-0.15, -0.1) is 0 Å². The predicted octanol–water partition coefficient (Wildman–Crippen LogP) is 1.83. The van der Waals surface area contributed by atoms with Gasteiger partial charge in [-0.1, -0.05) is 0 Å². The van der Waals surface area contributed by atoms with Crippen molar-refractivity contribution in [3.63, 3.8) is 0 Å². The smallest absolute Gasteiger partial charge is 0.128 e. The van der Waals surface area contributed by atoms with Crippen molar-refractivity contribution in [2.75, 3.05) is 36.0 Å². The number of amidine groups is 1. The Bertz CT molecular complexity index is 645. The predicted molar refractivity (Wildman–Crippen MR) is 86.1 cm³/mol. The van der Waals surface area contributed by atoms with Crippen LogP contribution in [0.5, 0.6) is 0 Å². The lowest BCUT2D eigenvalue weighted by molar-refractivity contribution is 0.624. The standard InChI is InChI=1S/C16H18FN5/c17-13-2-4-14(5-3-13)21-7-9-22(10-8-21)15-6-1-12(11-20-15)16(18)19/h1-6,11H,7-10H2,(H3,18,19). The highest BCUT2D eigenvalue weighted by Crippen LogP contribution is 2.19. The summed E-state index contributed by atoms with van der Waals surface area (Å²) in [5.41, 5.74) is 7.11. The fraction of sp³-hybridized carbons (Fsp3) is 0.250. The fourth-order valence-electron chi connectivity index (χ4n) is 2.58. The Balaban J connectivity index is 1.63. The van der Waals surface area contributed by atoms with Crippen LogP contribution >= 0.6 is 0 Å². The van der Waals surface area contributed by atoms with E-state index in [9.17, 15) is 4.39 Å². The Labute approximate surface area is 128 Å². The molecular formula is C16H18FN5. The number of aromatic nitrogens is 1. The molecular weight excluding hydrogens is 281 g/mol.